The minimum Gasteiger partial charge on any atom is -0.490 e. The van der Waals surface area contributed by atoms with Crippen molar-refractivity contribution in [3.8, 4) is 0 Å². The van der Waals surface area contributed by atoms with Gasteiger partial charge in [-0.15, -0.1) is 0 Å². The average Bonchev–Trinajstić information content (AvgIpc) is 3.43. The largest absolute Gasteiger partial charge is 0.490 e. The highest BCUT2D eigenvalue weighted by atomic mass is 32.2. The van der Waals surface area contributed by atoms with Gasteiger partial charge in [0.25, 0.3) is 5.01 Å². The van der Waals surface area contributed by atoms with Gasteiger partial charge in [0, 0.05) is 23.6 Å². The summed E-state index contributed by atoms with van der Waals surface area (Å²) in [5, 5.41) is 2.57. The van der Waals surface area contributed by atoms with E-state index in [1.54, 1.807) is 0 Å². The normalized spacial score (nSPS) is 18.4. The third kappa shape index (κ3) is 5.05. The number of para-hydroxylation sites is 2. The van der Waals surface area contributed by atoms with Crippen molar-refractivity contribution in [2.75, 3.05) is 11.4 Å². The predicted octanol–water partition coefficient (Wildman–Crippen LogP) is 8.48. The fraction of sp³-hybridized carbons (Fsp3) is 0.323. The molecule has 2 aromatic carbocycles. The van der Waals surface area contributed by atoms with Gasteiger partial charge in [-0.25, -0.2) is 0 Å². The molecule has 36 heavy (non-hydrogen) atoms. The molecule has 0 N–H and O–H groups in total. The third-order valence-electron chi connectivity index (χ3n) is 6.59. The molecule has 2 aliphatic rings. The summed E-state index contributed by atoms with van der Waals surface area (Å²) < 4.78 is 10.2. The van der Waals surface area contributed by atoms with Crippen molar-refractivity contribution < 1.29 is 9.30 Å². The van der Waals surface area contributed by atoms with Crippen LogP contribution in [-0.4, -0.2) is 12.6 Å². The molecule has 0 spiro atoms. The quantitative estimate of drug-likeness (QED) is 0.294. The SMILES string of the molecule is CCN1C(=CC=C2CCCC(C=Cc3sc4ccccc4[n+]3CC)=C2OC(C)C)Sc2ccccc21. The highest BCUT2D eigenvalue weighted by Crippen LogP contribution is 2.45. The number of anilines is 1. The molecule has 3 aromatic rings. The summed E-state index contributed by atoms with van der Waals surface area (Å²) >= 11 is 3.71. The van der Waals surface area contributed by atoms with Crippen molar-refractivity contribution in [2.45, 2.75) is 64.5 Å². The van der Waals surface area contributed by atoms with Gasteiger partial charge < -0.3 is 9.64 Å². The zero-order chi connectivity index (χ0) is 25.1. The predicted molar refractivity (Wildman–Crippen MR) is 155 cm³/mol. The molecule has 2 heterocycles. The molecular weight excluding hydrogens is 480 g/mol. The van der Waals surface area contributed by atoms with Crippen molar-refractivity contribution in [3.63, 3.8) is 0 Å². The monoisotopic (exact) mass is 515 g/mol. The van der Waals surface area contributed by atoms with Crippen LogP contribution < -0.4 is 9.47 Å². The lowest BCUT2D eigenvalue weighted by Crippen LogP contribution is -2.33. The first-order valence-electron chi connectivity index (χ1n) is 13.0. The standard InChI is InChI=1S/C31H35N2OS2/c1-5-32-25-14-7-9-16-27(25)35-29(32)20-18-23-12-11-13-24(31(23)34-22(3)4)19-21-30-33(6-2)26-15-8-10-17-28(26)36-30/h7-10,14-22H,5-6,11-13H2,1-4H3/q+1. The Hall–Kier alpha value is -2.76. The van der Waals surface area contributed by atoms with E-state index in [1.807, 2.05) is 23.1 Å². The molecule has 0 radical (unpaired) electrons. The van der Waals surface area contributed by atoms with Gasteiger partial charge in [-0.3, -0.25) is 0 Å². The lowest BCUT2D eigenvalue weighted by atomic mass is 9.92. The number of fused-ring (bicyclic) bond motifs is 2. The van der Waals surface area contributed by atoms with Crippen LogP contribution in [0.2, 0.25) is 0 Å². The van der Waals surface area contributed by atoms with Crippen molar-refractivity contribution in [2.24, 2.45) is 0 Å². The van der Waals surface area contributed by atoms with Crippen molar-refractivity contribution in [1.82, 2.24) is 0 Å². The zero-order valence-corrected chi connectivity index (χ0v) is 23.3. The summed E-state index contributed by atoms with van der Waals surface area (Å²) in [7, 11) is 0. The van der Waals surface area contributed by atoms with Crippen LogP contribution in [0.1, 0.15) is 52.0 Å². The number of aryl methyl sites for hydroxylation is 1. The Labute approximate surface area is 223 Å². The first-order valence-corrected chi connectivity index (χ1v) is 14.7. The Morgan fingerprint density at radius 1 is 1.00 bits per heavy atom. The summed E-state index contributed by atoms with van der Waals surface area (Å²) in [5.41, 5.74) is 5.22. The summed E-state index contributed by atoms with van der Waals surface area (Å²) in [4.78, 5) is 3.73. The van der Waals surface area contributed by atoms with Crippen molar-refractivity contribution in [1.29, 1.82) is 0 Å². The van der Waals surface area contributed by atoms with Crippen LogP contribution >= 0.6 is 23.1 Å². The van der Waals surface area contributed by atoms with Gasteiger partial charge in [-0.1, -0.05) is 53.4 Å². The van der Waals surface area contributed by atoms with E-state index < -0.39 is 0 Å². The number of ether oxygens (including phenoxy) is 1. The second-order valence-electron chi connectivity index (χ2n) is 9.37. The summed E-state index contributed by atoms with van der Waals surface area (Å²) in [5.74, 6) is 1.07. The van der Waals surface area contributed by atoms with Gasteiger partial charge in [0.05, 0.1) is 16.8 Å². The van der Waals surface area contributed by atoms with E-state index in [-0.39, 0.29) is 6.10 Å². The molecule has 5 heteroatoms. The number of thioether (sulfide) groups is 1. The van der Waals surface area contributed by atoms with Crippen LogP contribution in [0.5, 0.6) is 0 Å². The van der Waals surface area contributed by atoms with Gasteiger partial charge in [0.15, 0.2) is 0 Å². The van der Waals surface area contributed by atoms with Crippen molar-refractivity contribution in [3.05, 3.63) is 93.7 Å². The smallest absolute Gasteiger partial charge is 0.262 e. The molecule has 3 nitrogen and oxygen atoms in total. The lowest BCUT2D eigenvalue weighted by molar-refractivity contribution is -0.665. The number of thiazole rings is 1. The number of hydrogen-bond donors (Lipinski definition) is 0. The second-order valence-corrected chi connectivity index (χ2v) is 11.5. The Morgan fingerprint density at radius 3 is 2.61 bits per heavy atom. The van der Waals surface area contributed by atoms with Gasteiger partial charge in [-0.05, 0) is 88.5 Å². The van der Waals surface area contributed by atoms with Crippen LogP contribution in [0.4, 0.5) is 5.69 Å². The molecule has 0 saturated heterocycles. The molecule has 1 aliphatic carbocycles. The Kier molecular flexibility index (Phi) is 7.68. The molecule has 0 unspecified atom stereocenters. The maximum absolute atomic E-state index is 6.46. The fourth-order valence-electron chi connectivity index (χ4n) is 4.96. The highest BCUT2D eigenvalue weighted by Gasteiger charge is 2.24. The van der Waals surface area contributed by atoms with E-state index in [2.05, 4.69) is 110 Å². The molecule has 186 valence electrons. The molecule has 5 rings (SSSR count). The fourth-order valence-corrected chi connectivity index (χ4v) is 7.21. The first kappa shape index (κ1) is 24.9. The molecule has 0 saturated carbocycles. The summed E-state index contributed by atoms with van der Waals surface area (Å²) in [6, 6.07) is 17.3. The van der Waals surface area contributed by atoms with Gasteiger partial charge in [0.1, 0.15) is 17.0 Å². The Morgan fingerprint density at radius 2 is 1.81 bits per heavy atom. The molecule has 0 fully saturated rings. The van der Waals surface area contributed by atoms with Gasteiger partial charge >= 0.3 is 0 Å². The van der Waals surface area contributed by atoms with Gasteiger partial charge in [0.2, 0.25) is 5.52 Å². The van der Waals surface area contributed by atoms with Crippen LogP contribution in [0.25, 0.3) is 16.3 Å². The number of allylic oxidation sites excluding steroid dienone is 5. The molecule has 0 bridgehead atoms. The van der Waals surface area contributed by atoms with Gasteiger partial charge in [-0.2, -0.15) is 4.57 Å². The molecule has 0 amide bonds. The minimum atomic E-state index is 0.139. The molecule has 1 aliphatic heterocycles. The Balaban J connectivity index is 1.49. The Bertz CT molecular complexity index is 1380. The van der Waals surface area contributed by atoms with E-state index in [1.165, 1.54) is 42.0 Å². The number of benzene rings is 2. The average molecular weight is 516 g/mol. The third-order valence-corrected chi connectivity index (χ3v) is 8.85. The van der Waals surface area contributed by atoms with E-state index in [9.17, 15) is 0 Å². The van der Waals surface area contributed by atoms with E-state index >= 15 is 0 Å². The maximum atomic E-state index is 6.46. The van der Waals surface area contributed by atoms with Crippen LogP contribution in [0.3, 0.4) is 0 Å². The van der Waals surface area contributed by atoms with Crippen molar-refractivity contribution >= 4 is 45.1 Å². The van der Waals surface area contributed by atoms with E-state index in [0.29, 0.717) is 0 Å². The summed E-state index contributed by atoms with van der Waals surface area (Å²) in [6.45, 7) is 10.6. The topological polar surface area (TPSA) is 16.4 Å². The maximum Gasteiger partial charge on any atom is 0.262 e. The second kappa shape index (κ2) is 11.1. The van der Waals surface area contributed by atoms with Crippen LogP contribution in [-0.2, 0) is 11.3 Å². The molecule has 0 atom stereocenters. The molecular formula is C31H35N2OS2+. The van der Waals surface area contributed by atoms with E-state index in [0.717, 1.165) is 38.1 Å². The lowest BCUT2D eigenvalue weighted by Gasteiger charge is -2.24. The number of rotatable bonds is 7. The number of aromatic nitrogens is 1. The van der Waals surface area contributed by atoms with Crippen LogP contribution in [0, 0.1) is 0 Å². The minimum absolute atomic E-state index is 0.139. The van der Waals surface area contributed by atoms with E-state index in [4.69, 9.17) is 4.74 Å². The number of hydrogen-bond acceptors (Lipinski definition) is 4. The number of nitrogens with zero attached hydrogens (tertiary/aromatic N) is 2. The first-order chi connectivity index (χ1) is 17.6. The summed E-state index contributed by atoms with van der Waals surface area (Å²) in [6.07, 6.45) is 12.5. The van der Waals surface area contributed by atoms with Crippen LogP contribution in [0.15, 0.2) is 93.6 Å². The molecule has 1 aromatic heterocycles. The zero-order valence-electron chi connectivity index (χ0n) is 21.7. The highest BCUT2D eigenvalue weighted by molar-refractivity contribution is 8.03.